The van der Waals surface area contributed by atoms with Crippen molar-refractivity contribution in [3.8, 4) is 0 Å². The maximum absolute atomic E-state index is 10.9. The highest BCUT2D eigenvalue weighted by molar-refractivity contribution is 5.55. The van der Waals surface area contributed by atoms with Gasteiger partial charge in [0.15, 0.2) is 0 Å². The fourth-order valence-corrected chi connectivity index (χ4v) is 3.26. The summed E-state index contributed by atoms with van der Waals surface area (Å²) < 4.78 is 0. The highest BCUT2D eigenvalue weighted by Crippen LogP contribution is 2.36. The quantitative estimate of drug-likeness (QED) is 0.627. The summed E-state index contributed by atoms with van der Waals surface area (Å²) in [4.78, 5) is 16.7. The van der Waals surface area contributed by atoms with Gasteiger partial charge in [0, 0.05) is 25.4 Å². The average molecular weight is 278 g/mol. The molecule has 0 aromatic carbocycles. The normalized spacial score (nSPS) is 32.0. The van der Waals surface area contributed by atoms with Gasteiger partial charge in [0.25, 0.3) is 0 Å². The molecule has 4 heterocycles. The van der Waals surface area contributed by atoms with E-state index in [2.05, 4.69) is 15.2 Å². The molecule has 108 valence electrons. The molecule has 3 saturated heterocycles. The van der Waals surface area contributed by atoms with Crippen molar-refractivity contribution in [2.45, 2.75) is 18.4 Å². The number of pyridine rings is 1. The van der Waals surface area contributed by atoms with Crippen molar-refractivity contribution in [3.63, 3.8) is 0 Å². The van der Waals surface area contributed by atoms with E-state index in [0.717, 1.165) is 25.9 Å². The van der Waals surface area contributed by atoms with Gasteiger partial charge in [-0.25, -0.2) is 4.98 Å². The third-order valence-corrected chi connectivity index (χ3v) is 4.39. The zero-order valence-corrected chi connectivity index (χ0v) is 11.2. The predicted octanol–water partition coefficient (Wildman–Crippen LogP) is 0.858. The fourth-order valence-electron chi connectivity index (χ4n) is 3.26. The molecule has 20 heavy (non-hydrogen) atoms. The van der Waals surface area contributed by atoms with Gasteiger partial charge < -0.3 is 15.3 Å². The number of fused-ring (bicyclic) bond motifs is 3. The van der Waals surface area contributed by atoms with Crippen molar-refractivity contribution in [2.24, 2.45) is 5.92 Å². The summed E-state index contributed by atoms with van der Waals surface area (Å²) in [6, 6.07) is 2.95. The van der Waals surface area contributed by atoms with Gasteiger partial charge in [0.05, 0.1) is 10.5 Å². The Morgan fingerprint density at radius 1 is 1.55 bits per heavy atom. The lowest BCUT2D eigenvalue weighted by atomic mass is 9.75. The maximum Gasteiger partial charge on any atom is 0.311 e. The van der Waals surface area contributed by atoms with Crippen LogP contribution in [0, 0.1) is 16.0 Å². The molecule has 7 heteroatoms. The zero-order chi connectivity index (χ0) is 14.2. The van der Waals surface area contributed by atoms with Gasteiger partial charge in [-0.15, -0.1) is 0 Å². The summed E-state index contributed by atoms with van der Waals surface area (Å²) in [5.74, 6) is 0.491. The number of piperidine rings is 3. The average Bonchev–Trinajstić information content (AvgIpc) is 2.46. The van der Waals surface area contributed by atoms with E-state index in [1.54, 1.807) is 0 Å². The molecule has 1 unspecified atom stereocenters. The third-order valence-electron chi connectivity index (χ3n) is 4.39. The maximum atomic E-state index is 10.9. The number of aliphatic hydroxyl groups is 1. The second-order valence-corrected chi connectivity index (χ2v) is 5.64. The van der Waals surface area contributed by atoms with Crippen LogP contribution in [0.2, 0.25) is 0 Å². The Morgan fingerprint density at radius 3 is 2.90 bits per heavy atom. The molecule has 2 N–H and O–H groups in total. The Kier molecular flexibility index (Phi) is 3.31. The van der Waals surface area contributed by atoms with Gasteiger partial charge in [-0.05, 0) is 37.9 Å². The Bertz CT molecular complexity index is 516. The van der Waals surface area contributed by atoms with Gasteiger partial charge in [0.1, 0.15) is 0 Å². The first-order chi connectivity index (χ1) is 9.58. The molecule has 0 spiro atoms. The van der Waals surface area contributed by atoms with Crippen LogP contribution in [0.1, 0.15) is 12.8 Å². The number of nitrogens with one attached hydrogen (secondary N) is 1. The summed E-state index contributed by atoms with van der Waals surface area (Å²) in [6.07, 6.45) is 3.49. The standard InChI is InChI=1S/C13H18N4O3/c18-13(9-16-6-3-10(13)4-7-16)8-15-12-11(17(19)20)2-1-5-14-12/h1-2,5,10,18H,3-4,6-9H2,(H,14,15). The molecule has 0 aliphatic carbocycles. The Labute approximate surface area is 116 Å². The van der Waals surface area contributed by atoms with Crippen LogP contribution in [-0.2, 0) is 0 Å². The topological polar surface area (TPSA) is 91.5 Å². The van der Waals surface area contributed by atoms with Crippen molar-refractivity contribution in [1.82, 2.24) is 9.88 Å². The molecule has 7 nitrogen and oxygen atoms in total. The largest absolute Gasteiger partial charge is 0.386 e. The summed E-state index contributed by atoms with van der Waals surface area (Å²) >= 11 is 0. The van der Waals surface area contributed by atoms with E-state index in [1.165, 1.54) is 18.3 Å². The highest BCUT2D eigenvalue weighted by Gasteiger charge is 2.45. The fraction of sp³-hybridized carbons (Fsp3) is 0.615. The summed E-state index contributed by atoms with van der Waals surface area (Å²) in [6.45, 7) is 3.00. The lowest BCUT2D eigenvalue weighted by Crippen LogP contribution is -2.61. The Morgan fingerprint density at radius 2 is 2.30 bits per heavy atom. The molecular formula is C13H18N4O3. The predicted molar refractivity (Wildman–Crippen MR) is 73.5 cm³/mol. The first kappa shape index (κ1) is 13.3. The SMILES string of the molecule is O=[N+]([O-])c1cccnc1NCC1(O)CN2CCC1CC2. The van der Waals surface area contributed by atoms with Gasteiger partial charge in [-0.3, -0.25) is 10.1 Å². The third kappa shape index (κ3) is 2.34. The van der Waals surface area contributed by atoms with Crippen molar-refractivity contribution < 1.29 is 10.0 Å². The van der Waals surface area contributed by atoms with Crippen molar-refractivity contribution in [3.05, 3.63) is 28.4 Å². The minimum absolute atomic E-state index is 0.0580. The molecule has 3 aliphatic heterocycles. The first-order valence-corrected chi connectivity index (χ1v) is 6.86. The van der Waals surface area contributed by atoms with Crippen LogP contribution in [0.5, 0.6) is 0 Å². The van der Waals surface area contributed by atoms with Crippen molar-refractivity contribution in [1.29, 1.82) is 0 Å². The van der Waals surface area contributed by atoms with E-state index in [1.807, 2.05) is 0 Å². The summed E-state index contributed by atoms with van der Waals surface area (Å²) in [5, 5.41) is 24.6. The second-order valence-electron chi connectivity index (χ2n) is 5.64. The van der Waals surface area contributed by atoms with Crippen LogP contribution in [-0.4, -0.2) is 51.7 Å². The zero-order valence-electron chi connectivity index (χ0n) is 11.2. The van der Waals surface area contributed by atoms with Crippen LogP contribution in [0.25, 0.3) is 0 Å². The van der Waals surface area contributed by atoms with Gasteiger partial charge >= 0.3 is 5.69 Å². The molecule has 0 amide bonds. The number of hydrogen-bond acceptors (Lipinski definition) is 6. The lowest BCUT2D eigenvalue weighted by molar-refractivity contribution is -0.384. The molecule has 0 radical (unpaired) electrons. The first-order valence-electron chi connectivity index (χ1n) is 6.86. The molecule has 2 bridgehead atoms. The second kappa shape index (κ2) is 4.99. The number of hydrogen-bond donors (Lipinski definition) is 2. The van der Waals surface area contributed by atoms with Crippen LogP contribution < -0.4 is 5.32 Å². The number of rotatable bonds is 4. The van der Waals surface area contributed by atoms with E-state index >= 15 is 0 Å². The van der Waals surface area contributed by atoms with Gasteiger partial charge in [-0.1, -0.05) is 0 Å². The molecule has 4 rings (SSSR count). The Hall–Kier alpha value is -1.73. The summed E-state index contributed by atoms with van der Waals surface area (Å²) in [5.41, 5.74) is -0.876. The smallest absolute Gasteiger partial charge is 0.311 e. The van der Waals surface area contributed by atoms with E-state index in [4.69, 9.17) is 0 Å². The molecule has 3 aliphatic rings. The molecule has 1 aromatic heterocycles. The summed E-state index contributed by atoms with van der Waals surface area (Å²) in [7, 11) is 0. The van der Waals surface area contributed by atoms with Crippen molar-refractivity contribution in [2.75, 3.05) is 31.5 Å². The number of nitro groups is 1. The minimum Gasteiger partial charge on any atom is -0.386 e. The minimum atomic E-state index is -0.818. The van der Waals surface area contributed by atoms with Crippen LogP contribution in [0.15, 0.2) is 18.3 Å². The lowest BCUT2D eigenvalue weighted by Gasteiger charge is -2.50. The van der Waals surface area contributed by atoms with Crippen molar-refractivity contribution >= 4 is 11.5 Å². The molecule has 1 aromatic rings. The molecule has 1 atom stereocenters. The Balaban J connectivity index is 1.72. The van der Waals surface area contributed by atoms with E-state index in [0.29, 0.717) is 13.1 Å². The van der Waals surface area contributed by atoms with E-state index in [9.17, 15) is 15.2 Å². The van der Waals surface area contributed by atoms with Crippen LogP contribution in [0.3, 0.4) is 0 Å². The van der Waals surface area contributed by atoms with E-state index < -0.39 is 10.5 Å². The number of anilines is 1. The van der Waals surface area contributed by atoms with Gasteiger partial charge in [-0.2, -0.15) is 0 Å². The van der Waals surface area contributed by atoms with Gasteiger partial charge in [0.2, 0.25) is 5.82 Å². The van der Waals surface area contributed by atoms with Crippen LogP contribution in [0.4, 0.5) is 11.5 Å². The molecule has 3 fully saturated rings. The van der Waals surface area contributed by atoms with E-state index in [-0.39, 0.29) is 17.4 Å². The highest BCUT2D eigenvalue weighted by atomic mass is 16.6. The van der Waals surface area contributed by atoms with Crippen LogP contribution >= 0.6 is 0 Å². The molecular weight excluding hydrogens is 260 g/mol. The number of aromatic nitrogens is 1. The number of nitrogens with zero attached hydrogens (tertiary/aromatic N) is 3. The molecule has 0 saturated carbocycles. The monoisotopic (exact) mass is 278 g/mol.